The SMILES string of the molecule is Cc1ccc(S(=O)(=O)Oc2nc(OC[C@@]34CCCN3C[C@H](F)C4)nc3c2CCN(c2c4ccccc4cc4c2cnn4C2CCCCO2)C3)cc1. The number of halogens is 1. The van der Waals surface area contributed by atoms with Gasteiger partial charge in [0.2, 0.25) is 5.88 Å². The first-order chi connectivity index (χ1) is 24.8. The van der Waals surface area contributed by atoms with Gasteiger partial charge in [0.15, 0.2) is 6.23 Å². The van der Waals surface area contributed by atoms with Crippen LogP contribution in [0.1, 0.15) is 61.6 Å². The van der Waals surface area contributed by atoms with Gasteiger partial charge in [-0.25, -0.2) is 9.07 Å². The first-order valence-corrected chi connectivity index (χ1v) is 19.4. The molecule has 3 aromatic carbocycles. The second-order valence-electron chi connectivity index (χ2n) is 14.4. The number of alkyl halides is 1. The first-order valence-electron chi connectivity index (χ1n) is 17.9. The van der Waals surface area contributed by atoms with Crippen molar-refractivity contribution in [3.63, 3.8) is 0 Å². The highest BCUT2D eigenvalue weighted by Crippen LogP contribution is 2.42. The molecule has 5 aromatic rings. The summed E-state index contributed by atoms with van der Waals surface area (Å²) in [6.45, 7) is 5.00. The first kappa shape index (κ1) is 32.6. The fraction of sp³-hybridized carbons (Fsp3) is 0.447. The van der Waals surface area contributed by atoms with E-state index in [1.54, 1.807) is 12.1 Å². The highest BCUT2D eigenvalue weighted by Gasteiger charge is 2.49. The Labute approximate surface area is 296 Å². The van der Waals surface area contributed by atoms with Crippen molar-refractivity contribution in [3.05, 3.63) is 77.6 Å². The number of benzene rings is 3. The molecule has 4 aliphatic rings. The molecule has 3 atom stereocenters. The summed E-state index contributed by atoms with van der Waals surface area (Å²) in [6.07, 6.45) is 6.61. The number of hydrogen-bond acceptors (Lipinski definition) is 10. The van der Waals surface area contributed by atoms with Crippen molar-refractivity contribution in [2.45, 2.75) is 81.2 Å². The summed E-state index contributed by atoms with van der Waals surface area (Å²) in [7, 11) is -4.21. The van der Waals surface area contributed by atoms with Gasteiger partial charge in [-0.2, -0.15) is 23.5 Å². The van der Waals surface area contributed by atoms with Gasteiger partial charge < -0.3 is 18.6 Å². The maximum atomic E-state index is 14.6. The molecule has 51 heavy (non-hydrogen) atoms. The maximum absolute atomic E-state index is 14.6. The number of aryl methyl sites for hydroxylation is 1. The molecule has 4 aliphatic heterocycles. The van der Waals surface area contributed by atoms with E-state index >= 15 is 0 Å². The van der Waals surface area contributed by atoms with Crippen molar-refractivity contribution in [1.82, 2.24) is 24.6 Å². The molecule has 0 aliphatic carbocycles. The van der Waals surface area contributed by atoms with Crippen LogP contribution in [0, 0.1) is 6.92 Å². The van der Waals surface area contributed by atoms with Crippen LogP contribution in [0.3, 0.4) is 0 Å². The second-order valence-corrected chi connectivity index (χ2v) is 16.0. The van der Waals surface area contributed by atoms with E-state index < -0.39 is 21.8 Å². The monoisotopic (exact) mass is 712 g/mol. The molecule has 1 unspecified atom stereocenters. The highest BCUT2D eigenvalue weighted by molar-refractivity contribution is 7.87. The third-order valence-corrected chi connectivity index (χ3v) is 12.3. The number of aromatic nitrogens is 4. The van der Waals surface area contributed by atoms with Gasteiger partial charge in [-0.1, -0.05) is 42.0 Å². The van der Waals surface area contributed by atoms with Crippen LogP contribution in [0.4, 0.5) is 10.1 Å². The third kappa shape index (κ3) is 5.88. The Morgan fingerprint density at radius 2 is 1.90 bits per heavy atom. The van der Waals surface area contributed by atoms with E-state index in [2.05, 4.69) is 33.0 Å². The molecule has 0 radical (unpaired) electrons. The highest BCUT2D eigenvalue weighted by atomic mass is 32.2. The van der Waals surface area contributed by atoms with Crippen molar-refractivity contribution >= 4 is 37.5 Å². The molecule has 11 nitrogen and oxygen atoms in total. The molecule has 0 bridgehead atoms. The summed E-state index contributed by atoms with van der Waals surface area (Å²) >= 11 is 0. The lowest BCUT2D eigenvalue weighted by molar-refractivity contribution is -0.0366. The molecular weight excluding hydrogens is 672 g/mol. The normalized spacial score (nSPS) is 23.8. The predicted molar refractivity (Wildman–Crippen MR) is 190 cm³/mol. The standard InChI is InChI=1S/C38H41FN6O5S/c1-25-10-12-28(13-11-25)51(46,47)50-36-30-14-17-43(23-32(30)41-37(42-36)49-24-38-15-6-16-44(38)22-27(39)20-38)35-29-8-3-2-7-26(29)19-33-31(35)21-40-45(33)34-9-4-5-18-48-34/h2-3,7-8,10-13,19,21,27,34H,4-6,9,14-18,20,22-24H2,1H3/t27-,34?,38+/m1/s1. The van der Waals surface area contributed by atoms with Crippen LogP contribution >= 0.6 is 0 Å². The van der Waals surface area contributed by atoms with Crippen LogP contribution in [-0.4, -0.2) is 77.6 Å². The Morgan fingerprint density at radius 3 is 2.75 bits per heavy atom. The topological polar surface area (TPSA) is 112 Å². The molecule has 13 heteroatoms. The van der Waals surface area contributed by atoms with Gasteiger partial charge in [0.25, 0.3) is 0 Å². The van der Waals surface area contributed by atoms with Crippen LogP contribution in [0.25, 0.3) is 21.7 Å². The van der Waals surface area contributed by atoms with Gasteiger partial charge in [0.1, 0.15) is 17.7 Å². The molecule has 3 fully saturated rings. The Balaban J connectivity index is 1.10. The lowest BCUT2D eigenvalue weighted by Crippen LogP contribution is -2.43. The minimum Gasteiger partial charge on any atom is -0.461 e. The molecule has 2 aromatic heterocycles. The molecular formula is C38H41FN6O5S. The van der Waals surface area contributed by atoms with E-state index in [0.29, 0.717) is 43.7 Å². The smallest absolute Gasteiger partial charge is 0.340 e. The summed E-state index contributed by atoms with van der Waals surface area (Å²) in [5, 5.41) is 8.03. The van der Waals surface area contributed by atoms with E-state index in [1.165, 1.54) is 12.1 Å². The number of rotatable bonds is 8. The van der Waals surface area contributed by atoms with E-state index in [0.717, 1.165) is 78.2 Å². The van der Waals surface area contributed by atoms with E-state index in [1.807, 2.05) is 29.9 Å². The Bertz CT molecular complexity index is 2220. The van der Waals surface area contributed by atoms with Crippen molar-refractivity contribution in [2.75, 3.05) is 37.7 Å². The van der Waals surface area contributed by atoms with E-state index in [9.17, 15) is 12.8 Å². The summed E-state index contributed by atoms with van der Waals surface area (Å²) in [4.78, 5) is 13.9. The van der Waals surface area contributed by atoms with Gasteiger partial charge in [0.05, 0.1) is 35.2 Å². The minimum absolute atomic E-state index is 0.0265. The van der Waals surface area contributed by atoms with Gasteiger partial charge in [-0.15, -0.1) is 0 Å². The average Bonchev–Trinajstić information content (AvgIpc) is 3.82. The largest absolute Gasteiger partial charge is 0.461 e. The molecule has 0 saturated carbocycles. The van der Waals surface area contributed by atoms with Crippen LogP contribution in [0.5, 0.6) is 11.9 Å². The van der Waals surface area contributed by atoms with Crippen LogP contribution in [-0.2, 0) is 27.8 Å². The van der Waals surface area contributed by atoms with Crippen LogP contribution in [0.15, 0.2) is 65.7 Å². The molecule has 9 rings (SSSR count). The zero-order chi connectivity index (χ0) is 34.7. The van der Waals surface area contributed by atoms with Crippen molar-refractivity contribution in [3.8, 4) is 11.9 Å². The molecule has 6 heterocycles. The summed E-state index contributed by atoms with van der Waals surface area (Å²) in [6, 6.07) is 17.1. The average molecular weight is 713 g/mol. The molecule has 3 saturated heterocycles. The van der Waals surface area contributed by atoms with Crippen LogP contribution < -0.4 is 13.8 Å². The molecule has 0 amide bonds. The summed E-state index contributed by atoms with van der Waals surface area (Å²) in [5.74, 6) is -0.0314. The number of ether oxygens (including phenoxy) is 2. The van der Waals surface area contributed by atoms with Gasteiger partial charge >= 0.3 is 16.1 Å². The molecule has 0 N–H and O–H groups in total. The minimum atomic E-state index is -4.21. The molecule has 266 valence electrons. The maximum Gasteiger partial charge on any atom is 0.340 e. The number of hydrogen-bond donors (Lipinski definition) is 0. The van der Waals surface area contributed by atoms with Crippen molar-refractivity contribution in [2.24, 2.45) is 0 Å². The van der Waals surface area contributed by atoms with Gasteiger partial charge in [-0.3, -0.25) is 4.90 Å². The number of anilines is 1. The van der Waals surface area contributed by atoms with Crippen LogP contribution in [0.2, 0.25) is 0 Å². The van der Waals surface area contributed by atoms with Gasteiger partial charge in [0, 0.05) is 42.5 Å². The van der Waals surface area contributed by atoms with E-state index in [4.69, 9.17) is 23.7 Å². The predicted octanol–water partition coefficient (Wildman–Crippen LogP) is 6.27. The van der Waals surface area contributed by atoms with E-state index in [-0.39, 0.29) is 29.6 Å². The lowest BCUT2D eigenvalue weighted by Gasteiger charge is -2.33. The van der Waals surface area contributed by atoms with Crippen molar-refractivity contribution < 1.29 is 26.5 Å². The Hall–Kier alpha value is -4.33. The zero-order valence-electron chi connectivity index (χ0n) is 28.6. The van der Waals surface area contributed by atoms with Gasteiger partial charge in [-0.05, 0) is 75.6 Å². The van der Waals surface area contributed by atoms with Crippen molar-refractivity contribution in [1.29, 1.82) is 0 Å². The fourth-order valence-electron chi connectivity index (χ4n) is 8.52. The Kier molecular flexibility index (Phi) is 8.12. The number of nitrogens with zero attached hydrogens (tertiary/aromatic N) is 6. The lowest BCUT2D eigenvalue weighted by atomic mass is 9.95. The zero-order valence-corrected chi connectivity index (χ0v) is 29.4. The second kappa shape index (κ2) is 12.7. The summed E-state index contributed by atoms with van der Waals surface area (Å²) < 4.78 is 62.0. The quantitative estimate of drug-likeness (QED) is 0.171. The third-order valence-electron chi connectivity index (χ3n) is 11.1. The number of fused-ring (bicyclic) bond motifs is 4. The summed E-state index contributed by atoms with van der Waals surface area (Å²) in [5.41, 5.74) is 3.81. The fourth-order valence-corrected chi connectivity index (χ4v) is 9.43. The molecule has 0 spiro atoms. The Morgan fingerprint density at radius 1 is 1.04 bits per heavy atom.